The van der Waals surface area contributed by atoms with Crippen molar-refractivity contribution in [3.8, 4) is 11.8 Å². The molecule has 4 nitrogen and oxygen atoms in total. The summed E-state index contributed by atoms with van der Waals surface area (Å²) < 4.78 is 26.7. The van der Waals surface area contributed by atoms with Gasteiger partial charge in [-0.25, -0.2) is 13.1 Å². The van der Waals surface area contributed by atoms with Crippen LogP contribution < -0.4 is 4.72 Å². The molecular weight excluding hydrogens is 286 g/mol. The van der Waals surface area contributed by atoms with Crippen LogP contribution in [0.2, 0.25) is 0 Å². The molecule has 0 aliphatic heterocycles. The highest BCUT2D eigenvalue weighted by atomic mass is 32.2. The number of hydrogen-bond donors (Lipinski definition) is 2. The average molecular weight is 309 g/mol. The van der Waals surface area contributed by atoms with Crippen LogP contribution >= 0.6 is 0 Å². The summed E-state index contributed by atoms with van der Waals surface area (Å²) in [5.41, 5.74) is 0.680. The third kappa shape index (κ3) is 6.76. The van der Waals surface area contributed by atoms with Crippen molar-refractivity contribution in [3.05, 3.63) is 29.8 Å². The van der Waals surface area contributed by atoms with Crippen molar-refractivity contribution in [2.24, 2.45) is 5.92 Å². The third-order valence-electron chi connectivity index (χ3n) is 2.98. The summed E-state index contributed by atoms with van der Waals surface area (Å²) in [4.78, 5) is 0.237. The van der Waals surface area contributed by atoms with Crippen LogP contribution in [0.5, 0.6) is 0 Å². The molecule has 0 fully saturated rings. The van der Waals surface area contributed by atoms with E-state index in [-0.39, 0.29) is 11.5 Å². The van der Waals surface area contributed by atoms with Gasteiger partial charge < -0.3 is 5.11 Å². The van der Waals surface area contributed by atoms with Crippen LogP contribution in [0.1, 0.15) is 38.7 Å². The summed E-state index contributed by atoms with van der Waals surface area (Å²) in [6.45, 7) is 4.57. The smallest absolute Gasteiger partial charge is 0.240 e. The molecule has 0 aliphatic carbocycles. The average Bonchev–Trinajstić information content (AvgIpc) is 2.44. The minimum Gasteiger partial charge on any atom is -0.384 e. The minimum atomic E-state index is -3.45. The van der Waals surface area contributed by atoms with E-state index in [4.69, 9.17) is 5.11 Å². The number of unbranched alkanes of at least 4 members (excludes halogenated alkanes) is 1. The molecule has 1 aromatic rings. The van der Waals surface area contributed by atoms with Gasteiger partial charge in [-0.05, 0) is 36.6 Å². The molecule has 21 heavy (non-hydrogen) atoms. The Morgan fingerprint density at radius 2 is 1.86 bits per heavy atom. The standard InChI is InChI=1S/C16H23NO3S/c1-14(2)6-3-4-12-17-21(19,20)16-10-8-15(9-11-16)7-5-13-18/h8-11,14,17-18H,3-4,6,12-13H2,1-2H3. The highest BCUT2D eigenvalue weighted by Crippen LogP contribution is 2.11. The molecule has 0 saturated heterocycles. The van der Waals surface area contributed by atoms with Gasteiger partial charge in [-0.15, -0.1) is 0 Å². The van der Waals surface area contributed by atoms with Gasteiger partial charge in [0, 0.05) is 12.1 Å². The summed E-state index contributed by atoms with van der Waals surface area (Å²) in [7, 11) is -3.45. The summed E-state index contributed by atoms with van der Waals surface area (Å²) in [5, 5.41) is 8.61. The zero-order valence-electron chi connectivity index (χ0n) is 12.6. The molecule has 0 saturated carbocycles. The molecule has 0 aromatic heterocycles. The second-order valence-electron chi connectivity index (χ2n) is 5.27. The molecule has 1 aromatic carbocycles. The predicted octanol–water partition coefficient (Wildman–Crippen LogP) is 2.13. The predicted molar refractivity (Wildman–Crippen MR) is 84.3 cm³/mol. The van der Waals surface area contributed by atoms with Crippen molar-refractivity contribution in [1.82, 2.24) is 4.72 Å². The van der Waals surface area contributed by atoms with Gasteiger partial charge in [0.2, 0.25) is 10.0 Å². The largest absolute Gasteiger partial charge is 0.384 e. The fourth-order valence-corrected chi connectivity index (χ4v) is 2.90. The highest BCUT2D eigenvalue weighted by Gasteiger charge is 2.12. The topological polar surface area (TPSA) is 66.4 Å². The van der Waals surface area contributed by atoms with Crippen LogP contribution in [0, 0.1) is 17.8 Å². The number of nitrogens with one attached hydrogen (secondary N) is 1. The molecule has 0 atom stereocenters. The van der Waals surface area contributed by atoms with Crippen molar-refractivity contribution < 1.29 is 13.5 Å². The normalized spacial score (nSPS) is 11.2. The number of aliphatic hydroxyl groups is 1. The summed E-state index contributed by atoms with van der Waals surface area (Å²) in [6.07, 6.45) is 2.98. The van der Waals surface area contributed by atoms with Gasteiger partial charge in [0.05, 0.1) is 4.90 Å². The van der Waals surface area contributed by atoms with E-state index in [9.17, 15) is 8.42 Å². The lowest BCUT2D eigenvalue weighted by molar-refractivity contribution is 0.350. The zero-order chi connectivity index (χ0) is 15.7. The number of benzene rings is 1. The Bertz CT molecular complexity index is 580. The molecule has 0 heterocycles. The van der Waals surface area contributed by atoms with Crippen molar-refractivity contribution in [2.75, 3.05) is 13.2 Å². The zero-order valence-corrected chi connectivity index (χ0v) is 13.4. The van der Waals surface area contributed by atoms with Crippen LogP contribution in [-0.4, -0.2) is 26.7 Å². The molecule has 1 rings (SSSR count). The van der Waals surface area contributed by atoms with Crippen molar-refractivity contribution in [2.45, 2.75) is 38.0 Å². The number of hydrogen-bond acceptors (Lipinski definition) is 3. The molecular formula is C16H23NO3S. The van der Waals surface area contributed by atoms with Crippen LogP contribution in [0.25, 0.3) is 0 Å². The van der Waals surface area contributed by atoms with E-state index in [0.717, 1.165) is 19.3 Å². The molecule has 116 valence electrons. The number of aliphatic hydroxyl groups excluding tert-OH is 1. The molecule has 0 aliphatic rings. The van der Waals surface area contributed by atoms with Crippen LogP contribution in [0.15, 0.2) is 29.2 Å². The first-order chi connectivity index (χ1) is 9.95. The lowest BCUT2D eigenvalue weighted by Crippen LogP contribution is -2.24. The Hall–Kier alpha value is -1.35. The van der Waals surface area contributed by atoms with E-state index in [0.29, 0.717) is 18.0 Å². The van der Waals surface area contributed by atoms with E-state index in [1.807, 2.05) is 0 Å². The Balaban J connectivity index is 2.54. The van der Waals surface area contributed by atoms with Crippen molar-refractivity contribution in [3.63, 3.8) is 0 Å². The van der Waals surface area contributed by atoms with E-state index < -0.39 is 10.0 Å². The van der Waals surface area contributed by atoms with Crippen molar-refractivity contribution in [1.29, 1.82) is 0 Å². The number of sulfonamides is 1. The lowest BCUT2D eigenvalue weighted by atomic mass is 10.1. The Morgan fingerprint density at radius 1 is 1.19 bits per heavy atom. The van der Waals surface area contributed by atoms with Crippen LogP contribution in [0.3, 0.4) is 0 Å². The first-order valence-corrected chi connectivity index (χ1v) is 8.63. The van der Waals surface area contributed by atoms with Gasteiger partial charge in [-0.1, -0.05) is 38.5 Å². The second kappa shape index (κ2) is 8.83. The quantitative estimate of drug-likeness (QED) is 0.599. The number of rotatable bonds is 7. The molecule has 0 unspecified atom stereocenters. The van der Waals surface area contributed by atoms with Gasteiger partial charge in [0.25, 0.3) is 0 Å². The summed E-state index contributed by atoms with van der Waals surface area (Å²) in [5.74, 6) is 5.90. The van der Waals surface area contributed by atoms with Gasteiger partial charge in [0.15, 0.2) is 0 Å². The molecule has 0 bridgehead atoms. The first kappa shape index (κ1) is 17.7. The molecule has 0 radical (unpaired) electrons. The van der Waals surface area contributed by atoms with Gasteiger partial charge in [-0.2, -0.15) is 0 Å². The molecule has 5 heteroatoms. The minimum absolute atomic E-state index is 0.210. The van der Waals surface area contributed by atoms with Gasteiger partial charge in [-0.3, -0.25) is 0 Å². The van der Waals surface area contributed by atoms with Crippen LogP contribution in [0.4, 0.5) is 0 Å². The van der Waals surface area contributed by atoms with E-state index in [2.05, 4.69) is 30.4 Å². The molecule has 0 amide bonds. The third-order valence-corrected chi connectivity index (χ3v) is 4.45. The van der Waals surface area contributed by atoms with Gasteiger partial charge >= 0.3 is 0 Å². The van der Waals surface area contributed by atoms with Crippen molar-refractivity contribution >= 4 is 10.0 Å². The summed E-state index contributed by atoms with van der Waals surface area (Å²) in [6, 6.07) is 6.32. The fourth-order valence-electron chi connectivity index (χ4n) is 1.83. The highest BCUT2D eigenvalue weighted by molar-refractivity contribution is 7.89. The molecule has 0 spiro atoms. The van der Waals surface area contributed by atoms with E-state index >= 15 is 0 Å². The Kier molecular flexibility index (Phi) is 7.44. The maximum absolute atomic E-state index is 12.1. The second-order valence-corrected chi connectivity index (χ2v) is 7.04. The Morgan fingerprint density at radius 3 is 2.43 bits per heavy atom. The van der Waals surface area contributed by atoms with E-state index in [1.54, 1.807) is 12.1 Å². The Labute approximate surface area is 127 Å². The van der Waals surface area contributed by atoms with Gasteiger partial charge in [0.1, 0.15) is 6.61 Å². The molecule has 2 N–H and O–H groups in total. The van der Waals surface area contributed by atoms with E-state index in [1.165, 1.54) is 12.1 Å². The summed E-state index contributed by atoms with van der Waals surface area (Å²) >= 11 is 0. The SMILES string of the molecule is CC(C)CCCCNS(=O)(=O)c1ccc(C#CCO)cc1. The lowest BCUT2D eigenvalue weighted by Gasteiger charge is -2.07. The van der Waals surface area contributed by atoms with Crippen LogP contribution in [-0.2, 0) is 10.0 Å². The maximum atomic E-state index is 12.1. The first-order valence-electron chi connectivity index (χ1n) is 7.15. The monoisotopic (exact) mass is 309 g/mol. The maximum Gasteiger partial charge on any atom is 0.240 e. The fraction of sp³-hybridized carbons (Fsp3) is 0.500.